The molecule has 4 N–H and O–H groups in total. The number of carbonyl (C=O) groups excluding carboxylic acids is 3. The van der Waals surface area contributed by atoms with Crippen molar-refractivity contribution in [3.05, 3.63) is 41.3 Å². The fourth-order valence-corrected chi connectivity index (χ4v) is 6.52. The molecule has 0 aliphatic carbocycles. The summed E-state index contributed by atoms with van der Waals surface area (Å²) in [6.07, 6.45) is 3.60. The van der Waals surface area contributed by atoms with E-state index >= 15 is 0 Å². The molecular weight excluding hydrogens is 434 g/mol. The average Bonchev–Trinajstić information content (AvgIpc) is 3.29. The second-order valence-electron chi connectivity index (χ2n) is 7.48. The lowest BCUT2D eigenvalue weighted by Gasteiger charge is -2.35. The molecule has 0 spiro atoms. The second-order valence-corrected chi connectivity index (χ2v) is 10.0. The Kier molecular flexibility index (Phi) is 8.11. The van der Waals surface area contributed by atoms with Crippen LogP contribution in [0.2, 0.25) is 0 Å². The third-order valence-corrected chi connectivity index (χ3v) is 8.35. The number of rotatable bonds is 8. The maximum atomic E-state index is 12.1. The molecule has 1 atom stereocenters. The number of hydrogen-bond donors (Lipinski definition) is 4. The van der Waals surface area contributed by atoms with Gasteiger partial charge in [0.15, 0.2) is 0 Å². The Labute approximate surface area is 190 Å². The zero-order valence-electron chi connectivity index (χ0n) is 17.4. The van der Waals surface area contributed by atoms with Gasteiger partial charge in [0.2, 0.25) is 17.7 Å². The van der Waals surface area contributed by atoms with E-state index in [1.807, 2.05) is 30.3 Å². The Hall–Kier alpha value is -2.36. The van der Waals surface area contributed by atoms with Gasteiger partial charge in [-0.15, -0.1) is 23.1 Å². The minimum atomic E-state index is -0.370. The minimum absolute atomic E-state index is 0.125. The summed E-state index contributed by atoms with van der Waals surface area (Å²) in [6, 6.07) is 11.7. The van der Waals surface area contributed by atoms with Crippen LogP contribution in [0.4, 0.5) is 5.69 Å². The topological polar surface area (TPSA) is 108 Å². The van der Waals surface area contributed by atoms with Crippen molar-refractivity contribution in [1.82, 2.24) is 10.8 Å². The summed E-state index contributed by atoms with van der Waals surface area (Å²) in [5.74, 6) is 0.245. The zero-order valence-corrected chi connectivity index (χ0v) is 19.0. The Morgan fingerprint density at radius 1 is 1.06 bits per heavy atom. The molecule has 1 aromatic heterocycles. The third kappa shape index (κ3) is 6.09. The summed E-state index contributed by atoms with van der Waals surface area (Å²) < 4.78 is -0.320. The highest BCUT2D eigenvalue weighted by Crippen LogP contribution is 2.50. The quantitative estimate of drug-likeness (QED) is 0.352. The van der Waals surface area contributed by atoms with Gasteiger partial charge in [0.1, 0.15) is 0 Å². The first kappa shape index (κ1) is 23.3. The molecule has 2 heterocycles. The highest BCUT2D eigenvalue weighted by Gasteiger charge is 2.38. The molecule has 0 unspecified atom stereocenters. The molecule has 0 radical (unpaired) electrons. The van der Waals surface area contributed by atoms with Gasteiger partial charge in [-0.05, 0) is 48.4 Å². The van der Waals surface area contributed by atoms with Crippen molar-refractivity contribution < 1.29 is 19.6 Å². The highest BCUT2D eigenvalue weighted by atomic mass is 32.2. The molecule has 0 saturated carbocycles. The molecule has 7 nitrogen and oxygen atoms in total. The Bertz CT molecular complexity index is 938. The minimum Gasteiger partial charge on any atom is -0.359 e. The number of nitrogens with one attached hydrogen (secondary N) is 3. The number of thioether (sulfide) groups is 1. The molecule has 1 aliphatic rings. The van der Waals surface area contributed by atoms with Crippen LogP contribution in [-0.4, -0.2) is 35.7 Å². The van der Waals surface area contributed by atoms with Crippen molar-refractivity contribution in [2.75, 3.05) is 18.1 Å². The first-order valence-electron chi connectivity index (χ1n) is 10.2. The molecule has 0 bridgehead atoms. The fraction of sp³-hybridized carbons (Fsp3) is 0.409. The molecule has 31 heavy (non-hydrogen) atoms. The van der Waals surface area contributed by atoms with Gasteiger partial charge in [-0.3, -0.25) is 19.6 Å². The van der Waals surface area contributed by atoms with Gasteiger partial charge >= 0.3 is 0 Å². The van der Waals surface area contributed by atoms with Gasteiger partial charge in [0.05, 0.1) is 4.75 Å². The van der Waals surface area contributed by atoms with Crippen LogP contribution < -0.4 is 16.1 Å². The molecule has 1 aliphatic heterocycles. The zero-order chi connectivity index (χ0) is 22.3. The third-order valence-electron chi connectivity index (χ3n) is 5.27. The maximum absolute atomic E-state index is 12.1. The van der Waals surface area contributed by atoms with E-state index < -0.39 is 0 Å². The van der Waals surface area contributed by atoms with Crippen molar-refractivity contribution in [2.45, 2.75) is 43.3 Å². The van der Waals surface area contributed by atoms with Gasteiger partial charge in [-0.25, -0.2) is 5.48 Å². The van der Waals surface area contributed by atoms with Crippen LogP contribution >= 0.6 is 23.1 Å². The molecule has 166 valence electrons. The number of hydroxylamine groups is 1. The smallest absolute Gasteiger partial charge is 0.245 e. The summed E-state index contributed by atoms with van der Waals surface area (Å²) >= 11 is 3.43. The molecule has 2 aromatic rings. The SMILES string of the molecule is CNC(=O)CCC(=O)Nc1cccc(-c2ccc([C@@]3(CC(=O)NO)CCCCS3)s2)c1. The second kappa shape index (κ2) is 10.8. The molecule has 1 fully saturated rings. The summed E-state index contributed by atoms with van der Waals surface area (Å²) in [5.41, 5.74) is 3.43. The summed E-state index contributed by atoms with van der Waals surface area (Å²) in [7, 11) is 1.55. The molecule has 1 aromatic carbocycles. The van der Waals surface area contributed by atoms with Crippen molar-refractivity contribution >= 4 is 46.5 Å². The lowest BCUT2D eigenvalue weighted by atomic mass is 9.94. The molecule has 3 amide bonds. The largest absolute Gasteiger partial charge is 0.359 e. The lowest BCUT2D eigenvalue weighted by molar-refractivity contribution is -0.130. The Morgan fingerprint density at radius 2 is 1.87 bits per heavy atom. The first-order valence-corrected chi connectivity index (χ1v) is 12.0. The fourth-order valence-electron chi connectivity index (χ4n) is 3.64. The number of carbonyl (C=O) groups is 3. The van der Waals surface area contributed by atoms with Crippen LogP contribution in [0.25, 0.3) is 10.4 Å². The van der Waals surface area contributed by atoms with E-state index in [0.29, 0.717) is 5.69 Å². The predicted octanol–water partition coefficient (Wildman–Crippen LogP) is 3.89. The van der Waals surface area contributed by atoms with Crippen molar-refractivity contribution in [1.29, 1.82) is 0 Å². The maximum Gasteiger partial charge on any atom is 0.245 e. The molecule has 3 rings (SSSR count). The van der Waals surface area contributed by atoms with E-state index in [1.165, 1.54) is 0 Å². The first-order chi connectivity index (χ1) is 15.0. The molecular formula is C22H27N3O4S2. The van der Waals surface area contributed by atoms with Gasteiger partial charge < -0.3 is 10.6 Å². The molecule has 9 heteroatoms. The standard InChI is InChI=1S/C22H27N3O4S2/c1-23-19(26)9-10-20(27)24-16-6-4-5-15(13-16)17-7-8-18(31-17)22(14-21(28)25-29)11-2-3-12-30-22/h4-8,13,29H,2-3,9-12,14H2,1H3,(H,23,26)(H,24,27)(H,25,28)/t22-/m0/s1. The number of benzene rings is 1. The predicted molar refractivity (Wildman–Crippen MR) is 124 cm³/mol. The van der Waals surface area contributed by atoms with Crippen LogP contribution in [0.3, 0.4) is 0 Å². The van der Waals surface area contributed by atoms with Crippen molar-refractivity contribution in [3.63, 3.8) is 0 Å². The Balaban J connectivity index is 1.75. The lowest BCUT2D eigenvalue weighted by Crippen LogP contribution is -2.32. The van der Waals surface area contributed by atoms with E-state index in [9.17, 15) is 14.4 Å². The van der Waals surface area contributed by atoms with Gasteiger partial charge in [0, 0.05) is 41.8 Å². The van der Waals surface area contributed by atoms with Crippen LogP contribution in [0.15, 0.2) is 36.4 Å². The molecule has 1 saturated heterocycles. The van der Waals surface area contributed by atoms with Gasteiger partial charge in [-0.1, -0.05) is 18.6 Å². The van der Waals surface area contributed by atoms with E-state index in [4.69, 9.17) is 5.21 Å². The van der Waals surface area contributed by atoms with E-state index in [-0.39, 0.29) is 41.7 Å². The number of thiophene rings is 1. The number of hydrogen-bond acceptors (Lipinski definition) is 6. The highest BCUT2D eigenvalue weighted by molar-refractivity contribution is 8.00. The Morgan fingerprint density at radius 3 is 2.58 bits per heavy atom. The average molecular weight is 462 g/mol. The number of anilines is 1. The van der Waals surface area contributed by atoms with Crippen LogP contribution in [0, 0.1) is 0 Å². The van der Waals surface area contributed by atoms with Gasteiger partial charge in [0.25, 0.3) is 0 Å². The van der Waals surface area contributed by atoms with E-state index in [2.05, 4.69) is 16.7 Å². The van der Waals surface area contributed by atoms with E-state index in [0.717, 1.165) is 40.3 Å². The number of amides is 3. The van der Waals surface area contributed by atoms with Crippen LogP contribution in [0.1, 0.15) is 43.4 Å². The normalized spacial score (nSPS) is 18.3. The van der Waals surface area contributed by atoms with E-state index in [1.54, 1.807) is 35.6 Å². The monoisotopic (exact) mass is 461 g/mol. The van der Waals surface area contributed by atoms with Gasteiger partial charge in [-0.2, -0.15) is 0 Å². The van der Waals surface area contributed by atoms with Crippen LogP contribution in [-0.2, 0) is 19.1 Å². The van der Waals surface area contributed by atoms with Crippen molar-refractivity contribution in [2.24, 2.45) is 0 Å². The summed E-state index contributed by atoms with van der Waals surface area (Å²) in [5, 5.41) is 14.4. The van der Waals surface area contributed by atoms with Crippen molar-refractivity contribution in [3.8, 4) is 10.4 Å². The van der Waals surface area contributed by atoms with Crippen LogP contribution in [0.5, 0.6) is 0 Å². The summed E-state index contributed by atoms with van der Waals surface area (Å²) in [4.78, 5) is 37.6. The summed E-state index contributed by atoms with van der Waals surface area (Å²) in [6.45, 7) is 0.